The van der Waals surface area contributed by atoms with Gasteiger partial charge in [-0.1, -0.05) is 18.2 Å². The van der Waals surface area contributed by atoms with Crippen molar-refractivity contribution in [3.8, 4) is 6.07 Å². The van der Waals surface area contributed by atoms with Gasteiger partial charge in [0.15, 0.2) is 17.6 Å². The summed E-state index contributed by atoms with van der Waals surface area (Å²) in [5, 5.41) is 15.2. The Morgan fingerprint density at radius 1 is 1.20 bits per heavy atom. The molecule has 0 aliphatic carbocycles. The Labute approximate surface area is 146 Å². The van der Waals surface area contributed by atoms with Crippen molar-refractivity contribution in [3.63, 3.8) is 0 Å². The number of guanidine groups is 1. The van der Waals surface area contributed by atoms with Crippen LogP contribution in [0.4, 0.5) is 8.78 Å². The minimum atomic E-state index is -0.874. The van der Waals surface area contributed by atoms with E-state index in [1.807, 2.05) is 26.0 Å². The standard InChI is InChI=1S/C19H20F2N4/c1-3-23-19(24-12-15-6-4-5-14(9-15)11-22)25-13(2)16-7-8-17(20)18(21)10-16/h4-10,13H,3,12H2,1-2H3,(H2,23,24,25). The molecule has 0 aliphatic heterocycles. The first kappa shape index (κ1) is 18.4. The number of rotatable bonds is 5. The average molecular weight is 342 g/mol. The van der Waals surface area contributed by atoms with E-state index < -0.39 is 11.6 Å². The van der Waals surface area contributed by atoms with Gasteiger partial charge >= 0.3 is 0 Å². The predicted octanol–water partition coefficient (Wildman–Crippen LogP) is 3.65. The van der Waals surface area contributed by atoms with Crippen molar-refractivity contribution in [1.29, 1.82) is 5.26 Å². The monoisotopic (exact) mass is 342 g/mol. The van der Waals surface area contributed by atoms with Crippen molar-refractivity contribution >= 4 is 5.96 Å². The zero-order valence-corrected chi connectivity index (χ0v) is 14.2. The largest absolute Gasteiger partial charge is 0.357 e. The molecular formula is C19H20F2N4. The Kier molecular flexibility index (Phi) is 6.47. The van der Waals surface area contributed by atoms with Gasteiger partial charge in [-0.2, -0.15) is 5.26 Å². The number of nitrogens with zero attached hydrogens (tertiary/aromatic N) is 2. The molecule has 25 heavy (non-hydrogen) atoms. The van der Waals surface area contributed by atoms with Crippen LogP contribution in [-0.4, -0.2) is 12.5 Å². The number of hydrogen-bond acceptors (Lipinski definition) is 2. The second kappa shape index (κ2) is 8.78. The average Bonchev–Trinajstić information content (AvgIpc) is 2.62. The fourth-order valence-electron chi connectivity index (χ4n) is 2.30. The van der Waals surface area contributed by atoms with Crippen LogP contribution in [0, 0.1) is 23.0 Å². The number of hydrogen-bond donors (Lipinski definition) is 2. The molecule has 4 nitrogen and oxygen atoms in total. The lowest BCUT2D eigenvalue weighted by Crippen LogP contribution is -2.38. The molecule has 1 atom stereocenters. The molecule has 2 rings (SSSR count). The highest BCUT2D eigenvalue weighted by molar-refractivity contribution is 5.80. The Hall–Kier alpha value is -2.94. The van der Waals surface area contributed by atoms with Gasteiger partial charge in [0.25, 0.3) is 0 Å². The Balaban J connectivity index is 2.10. The number of benzene rings is 2. The van der Waals surface area contributed by atoms with Crippen LogP contribution < -0.4 is 10.6 Å². The van der Waals surface area contributed by atoms with Crippen molar-refractivity contribution in [1.82, 2.24) is 10.6 Å². The van der Waals surface area contributed by atoms with E-state index in [2.05, 4.69) is 21.7 Å². The van der Waals surface area contributed by atoms with Crippen LogP contribution in [-0.2, 0) is 6.54 Å². The number of aliphatic imine (C=N–C) groups is 1. The maximum atomic E-state index is 13.4. The maximum Gasteiger partial charge on any atom is 0.192 e. The molecule has 0 aromatic heterocycles. The molecule has 0 amide bonds. The van der Waals surface area contributed by atoms with Crippen molar-refractivity contribution in [2.24, 2.45) is 4.99 Å². The van der Waals surface area contributed by atoms with E-state index in [0.29, 0.717) is 30.2 Å². The molecule has 0 fully saturated rings. The summed E-state index contributed by atoms with van der Waals surface area (Å²) in [6.07, 6.45) is 0. The van der Waals surface area contributed by atoms with E-state index in [1.165, 1.54) is 12.1 Å². The van der Waals surface area contributed by atoms with Gasteiger partial charge < -0.3 is 10.6 Å². The molecule has 0 saturated carbocycles. The van der Waals surface area contributed by atoms with E-state index in [4.69, 9.17) is 5.26 Å². The smallest absolute Gasteiger partial charge is 0.192 e. The molecule has 0 heterocycles. The van der Waals surface area contributed by atoms with Gasteiger partial charge in [-0.3, -0.25) is 0 Å². The Bertz CT molecular complexity index is 796. The molecule has 2 N–H and O–H groups in total. The molecule has 2 aromatic carbocycles. The zero-order valence-electron chi connectivity index (χ0n) is 14.2. The van der Waals surface area contributed by atoms with Crippen molar-refractivity contribution in [2.45, 2.75) is 26.4 Å². The SMILES string of the molecule is CCNC(=NCc1cccc(C#N)c1)NC(C)c1ccc(F)c(F)c1. The highest BCUT2D eigenvalue weighted by Crippen LogP contribution is 2.16. The number of nitrogens with one attached hydrogen (secondary N) is 2. The summed E-state index contributed by atoms with van der Waals surface area (Å²) in [6.45, 7) is 4.84. The summed E-state index contributed by atoms with van der Waals surface area (Å²) >= 11 is 0. The minimum Gasteiger partial charge on any atom is -0.357 e. The van der Waals surface area contributed by atoms with Gasteiger partial charge in [-0.25, -0.2) is 13.8 Å². The van der Waals surface area contributed by atoms with Crippen LogP contribution in [0.15, 0.2) is 47.5 Å². The normalized spacial score (nSPS) is 12.4. The van der Waals surface area contributed by atoms with Gasteiger partial charge in [0.05, 0.1) is 24.2 Å². The Morgan fingerprint density at radius 3 is 2.68 bits per heavy atom. The van der Waals surface area contributed by atoms with Gasteiger partial charge in [-0.15, -0.1) is 0 Å². The van der Waals surface area contributed by atoms with Crippen LogP contribution in [0.25, 0.3) is 0 Å². The van der Waals surface area contributed by atoms with Crippen LogP contribution in [0.2, 0.25) is 0 Å². The molecule has 0 radical (unpaired) electrons. The van der Waals surface area contributed by atoms with E-state index in [-0.39, 0.29) is 6.04 Å². The number of halogens is 2. The minimum absolute atomic E-state index is 0.252. The van der Waals surface area contributed by atoms with Crippen LogP contribution in [0.1, 0.15) is 36.6 Å². The lowest BCUT2D eigenvalue weighted by molar-refractivity contribution is 0.504. The molecule has 2 aromatic rings. The van der Waals surface area contributed by atoms with Gasteiger partial charge in [0.2, 0.25) is 0 Å². The van der Waals surface area contributed by atoms with Crippen molar-refractivity contribution < 1.29 is 8.78 Å². The summed E-state index contributed by atoms with van der Waals surface area (Å²) in [7, 11) is 0. The summed E-state index contributed by atoms with van der Waals surface area (Å²) in [5.41, 5.74) is 2.12. The van der Waals surface area contributed by atoms with E-state index >= 15 is 0 Å². The second-order valence-electron chi connectivity index (χ2n) is 5.55. The predicted molar refractivity (Wildman–Crippen MR) is 93.9 cm³/mol. The van der Waals surface area contributed by atoms with Gasteiger partial charge in [-0.05, 0) is 49.2 Å². The fourth-order valence-corrected chi connectivity index (χ4v) is 2.30. The summed E-state index contributed by atoms with van der Waals surface area (Å²) < 4.78 is 26.5. The molecule has 1 unspecified atom stereocenters. The van der Waals surface area contributed by atoms with Crippen molar-refractivity contribution in [3.05, 3.63) is 70.8 Å². The van der Waals surface area contributed by atoms with Crippen LogP contribution >= 0.6 is 0 Å². The molecule has 0 spiro atoms. The van der Waals surface area contributed by atoms with Crippen LogP contribution in [0.3, 0.4) is 0 Å². The summed E-state index contributed by atoms with van der Waals surface area (Å²) in [5.74, 6) is -1.18. The first-order valence-corrected chi connectivity index (χ1v) is 8.02. The molecule has 130 valence electrons. The first-order chi connectivity index (χ1) is 12.0. The van der Waals surface area contributed by atoms with Gasteiger partial charge in [0.1, 0.15) is 0 Å². The maximum absolute atomic E-state index is 13.4. The topological polar surface area (TPSA) is 60.2 Å². The molecule has 6 heteroatoms. The first-order valence-electron chi connectivity index (χ1n) is 8.02. The van der Waals surface area contributed by atoms with E-state index in [9.17, 15) is 8.78 Å². The van der Waals surface area contributed by atoms with Gasteiger partial charge in [0, 0.05) is 6.54 Å². The fraction of sp³-hybridized carbons (Fsp3) is 0.263. The lowest BCUT2D eigenvalue weighted by atomic mass is 10.1. The van der Waals surface area contributed by atoms with Crippen molar-refractivity contribution in [2.75, 3.05) is 6.54 Å². The highest BCUT2D eigenvalue weighted by Gasteiger charge is 2.11. The number of nitriles is 1. The quantitative estimate of drug-likeness (QED) is 0.644. The molecule has 0 aliphatic rings. The van der Waals surface area contributed by atoms with Crippen LogP contribution in [0.5, 0.6) is 0 Å². The summed E-state index contributed by atoms with van der Waals surface area (Å²) in [6, 6.07) is 12.9. The molecular weight excluding hydrogens is 322 g/mol. The third-order valence-electron chi connectivity index (χ3n) is 3.62. The third-order valence-corrected chi connectivity index (χ3v) is 3.62. The molecule has 0 saturated heterocycles. The van der Waals surface area contributed by atoms with E-state index in [0.717, 1.165) is 11.6 Å². The lowest BCUT2D eigenvalue weighted by Gasteiger charge is -2.18. The zero-order chi connectivity index (χ0) is 18.2. The summed E-state index contributed by atoms with van der Waals surface area (Å²) in [4.78, 5) is 4.48. The third kappa shape index (κ3) is 5.28. The molecule has 0 bridgehead atoms. The Morgan fingerprint density at radius 2 is 2.00 bits per heavy atom. The van der Waals surface area contributed by atoms with E-state index in [1.54, 1.807) is 12.1 Å². The second-order valence-corrected chi connectivity index (χ2v) is 5.55. The highest BCUT2D eigenvalue weighted by atomic mass is 19.2.